The van der Waals surface area contributed by atoms with Gasteiger partial charge in [0.15, 0.2) is 4.34 Å². The van der Waals surface area contributed by atoms with Gasteiger partial charge in [-0.15, -0.1) is 10.2 Å². The Morgan fingerprint density at radius 1 is 1.28 bits per heavy atom. The monoisotopic (exact) mass is 383 g/mol. The number of hydrogen-bond acceptors (Lipinski definition) is 7. The van der Waals surface area contributed by atoms with E-state index >= 15 is 0 Å². The standard InChI is InChI=1S/C15H21N5O3S2/c1-3-24-13-18-17-12(25-13)16-10(21)9-20-11(22)15(19(2)14(20)23)7-5-4-6-8-15/h3-9H2,1-2H3,(H,16,17,21). The van der Waals surface area contributed by atoms with Crippen molar-refractivity contribution in [1.82, 2.24) is 20.0 Å². The molecule has 0 unspecified atom stereocenters. The molecule has 2 aliphatic rings. The summed E-state index contributed by atoms with van der Waals surface area (Å²) < 4.78 is 0.770. The number of carbonyl (C=O) groups excluding carboxylic acids is 3. The number of anilines is 1. The quantitative estimate of drug-likeness (QED) is 0.476. The van der Waals surface area contributed by atoms with Crippen molar-refractivity contribution in [3.63, 3.8) is 0 Å². The summed E-state index contributed by atoms with van der Waals surface area (Å²) >= 11 is 2.82. The fraction of sp³-hybridized carbons (Fsp3) is 0.667. The number of nitrogens with zero attached hydrogens (tertiary/aromatic N) is 4. The number of thioether (sulfide) groups is 1. The average Bonchev–Trinajstić information content (AvgIpc) is 3.10. The molecule has 0 atom stereocenters. The van der Waals surface area contributed by atoms with E-state index in [0.717, 1.165) is 34.3 Å². The van der Waals surface area contributed by atoms with Crippen LogP contribution in [0.25, 0.3) is 0 Å². The second-order valence-corrected chi connectivity index (χ2v) is 8.67. The smallest absolute Gasteiger partial charge is 0.313 e. The second-order valence-electron chi connectivity index (χ2n) is 6.18. The number of amides is 4. The van der Waals surface area contributed by atoms with Gasteiger partial charge in [-0.3, -0.25) is 19.8 Å². The van der Waals surface area contributed by atoms with Crippen LogP contribution in [0.2, 0.25) is 0 Å². The third-order valence-corrected chi connectivity index (χ3v) is 6.56. The predicted molar refractivity (Wildman–Crippen MR) is 95.6 cm³/mol. The van der Waals surface area contributed by atoms with E-state index in [2.05, 4.69) is 15.5 Å². The summed E-state index contributed by atoms with van der Waals surface area (Å²) in [5.41, 5.74) is -0.761. The van der Waals surface area contributed by atoms with Crippen LogP contribution in [0.5, 0.6) is 0 Å². The molecular formula is C15H21N5O3S2. The molecule has 1 spiro atoms. The molecule has 2 heterocycles. The first kappa shape index (κ1) is 18.1. The maximum absolute atomic E-state index is 12.8. The first-order valence-corrected chi connectivity index (χ1v) is 10.1. The van der Waals surface area contributed by atoms with Crippen LogP contribution in [0.4, 0.5) is 9.93 Å². The van der Waals surface area contributed by atoms with E-state index in [0.29, 0.717) is 18.0 Å². The first-order valence-electron chi connectivity index (χ1n) is 8.34. The van der Waals surface area contributed by atoms with Crippen molar-refractivity contribution in [2.24, 2.45) is 0 Å². The minimum atomic E-state index is -0.761. The summed E-state index contributed by atoms with van der Waals surface area (Å²) in [6.07, 6.45) is 4.26. The highest BCUT2D eigenvalue weighted by molar-refractivity contribution is 8.01. The molecule has 136 valence electrons. The Balaban J connectivity index is 1.66. The van der Waals surface area contributed by atoms with E-state index in [-0.39, 0.29) is 12.5 Å². The number of carbonyl (C=O) groups is 3. The third-order valence-electron chi connectivity index (χ3n) is 4.71. The molecule has 1 aliphatic heterocycles. The minimum Gasteiger partial charge on any atom is -0.313 e. The molecule has 2 fully saturated rings. The molecule has 8 nitrogen and oxygen atoms in total. The maximum atomic E-state index is 12.8. The van der Waals surface area contributed by atoms with Gasteiger partial charge in [0.05, 0.1) is 0 Å². The van der Waals surface area contributed by atoms with Crippen LogP contribution < -0.4 is 5.32 Å². The van der Waals surface area contributed by atoms with Crippen molar-refractivity contribution in [2.45, 2.75) is 48.9 Å². The molecule has 0 radical (unpaired) electrons. The first-order chi connectivity index (χ1) is 12.0. The van der Waals surface area contributed by atoms with E-state index in [4.69, 9.17) is 0 Å². The normalized spacial score (nSPS) is 19.8. The van der Waals surface area contributed by atoms with Crippen LogP contribution in [0.3, 0.4) is 0 Å². The largest absolute Gasteiger partial charge is 0.327 e. The number of urea groups is 1. The van der Waals surface area contributed by atoms with Crippen LogP contribution in [0, 0.1) is 0 Å². The van der Waals surface area contributed by atoms with Crippen LogP contribution in [-0.4, -0.2) is 62.7 Å². The van der Waals surface area contributed by atoms with Crippen LogP contribution in [0.15, 0.2) is 4.34 Å². The molecule has 1 saturated heterocycles. The Labute approximate surface area is 154 Å². The highest BCUT2D eigenvalue weighted by atomic mass is 32.2. The van der Waals surface area contributed by atoms with Crippen molar-refractivity contribution in [3.05, 3.63) is 0 Å². The Bertz CT molecular complexity index is 686. The van der Waals surface area contributed by atoms with Crippen molar-refractivity contribution in [3.8, 4) is 0 Å². The molecule has 1 N–H and O–H groups in total. The molecule has 1 aliphatic carbocycles. The second kappa shape index (κ2) is 7.28. The lowest BCUT2D eigenvalue weighted by atomic mass is 9.81. The number of likely N-dealkylation sites (N-methyl/N-ethyl adjacent to an activating group) is 1. The molecule has 4 amide bonds. The van der Waals surface area contributed by atoms with E-state index in [1.165, 1.54) is 16.2 Å². The summed E-state index contributed by atoms with van der Waals surface area (Å²) in [5, 5.41) is 10.9. The van der Waals surface area contributed by atoms with Gasteiger partial charge in [0.2, 0.25) is 11.0 Å². The van der Waals surface area contributed by atoms with E-state index in [1.54, 1.807) is 18.8 Å². The lowest BCUT2D eigenvalue weighted by molar-refractivity contribution is -0.136. The topological polar surface area (TPSA) is 95.5 Å². The summed E-state index contributed by atoms with van der Waals surface area (Å²) in [6.45, 7) is 1.71. The maximum Gasteiger partial charge on any atom is 0.327 e. The number of nitrogens with one attached hydrogen (secondary N) is 1. The molecular weight excluding hydrogens is 362 g/mol. The number of aromatic nitrogens is 2. The van der Waals surface area contributed by atoms with Gasteiger partial charge in [-0.25, -0.2) is 4.79 Å². The molecule has 1 aromatic heterocycles. The van der Waals surface area contributed by atoms with Gasteiger partial charge in [-0.2, -0.15) is 0 Å². The van der Waals surface area contributed by atoms with Gasteiger partial charge in [0.25, 0.3) is 5.91 Å². The van der Waals surface area contributed by atoms with Crippen LogP contribution >= 0.6 is 23.1 Å². The van der Waals surface area contributed by atoms with Gasteiger partial charge < -0.3 is 4.90 Å². The SMILES string of the molecule is CCSc1nnc(NC(=O)CN2C(=O)N(C)C3(CCCCC3)C2=O)s1. The predicted octanol–water partition coefficient (Wildman–Crippen LogP) is 2.19. The zero-order chi connectivity index (χ0) is 18.0. The lowest BCUT2D eigenvalue weighted by Crippen LogP contribution is -2.49. The summed E-state index contributed by atoms with van der Waals surface area (Å²) in [5.74, 6) is 0.176. The number of imide groups is 1. The number of hydrogen-bond donors (Lipinski definition) is 1. The summed E-state index contributed by atoms with van der Waals surface area (Å²) in [7, 11) is 1.66. The van der Waals surface area contributed by atoms with E-state index in [9.17, 15) is 14.4 Å². The molecule has 25 heavy (non-hydrogen) atoms. The Hall–Kier alpha value is -1.68. The Morgan fingerprint density at radius 3 is 2.68 bits per heavy atom. The minimum absolute atomic E-state index is 0.255. The lowest BCUT2D eigenvalue weighted by Gasteiger charge is -2.35. The van der Waals surface area contributed by atoms with Gasteiger partial charge in [-0.05, 0) is 18.6 Å². The van der Waals surface area contributed by atoms with Crippen molar-refractivity contribution in [1.29, 1.82) is 0 Å². The third kappa shape index (κ3) is 3.37. The van der Waals surface area contributed by atoms with Crippen LogP contribution in [0.1, 0.15) is 39.0 Å². The average molecular weight is 383 g/mol. The molecule has 0 aromatic carbocycles. The van der Waals surface area contributed by atoms with Gasteiger partial charge in [0, 0.05) is 7.05 Å². The van der Waals surface area contributed by atoms with E-state index in [1.807, 2.05) is 6.92 Å². The fourth-order valence-corrected chi connectivity index (χ4v) is 5.08. The molecule has 0 bridgehead atoms. The van der Waals surface area contributed by atoms with Crippen molar-refractivity contribution in [2.75, 3.05) is 24.7 Å². The zero-order valence-corrected chi connectivity index (χ0v) is 15.9. The summed E-state index contributed by atoms with van der Waals surface area (Å²) in [6, 6.07) is -0.401. The fourth-order valence-electron chi connectivity index (χ4n) is 3.42. The molecule has 10 heteroatoms. The van der Waals surface area contributed by atoms with Gasteiger partial charge in [0.1, 0.15) is 12.1 Å². The highest BCUT2D eigenvalue weighted by Gasteiger charge is 2.55. The Kier molecular flexibility index (Phi) is 5.28. The van der Waals surface area contributed by atoms with Crippen molar-refractivity contribution < 1.29 is 14.4 Å². The van der Waals surface area contributed by atoms with Gasteiger partial charge in [-0.1, -0.05) is 49.3 Å². The van der Waals surface area contributed by atoms with Crippen molar-refractivity contribution >= 4 is 46.1 Å². The Morgan fingerprint density at radius 2 is 2.00 bits per heavy atom. The highest BCUT2D eigenvalue weighted by Crippen LogP contribution is 2.39. The number of rotatable bonds is 5. The van der Waals surface area contributed by atoms with Gasteiger partial charge >= 0.3 is 6.03 Å². The van der Waals surface area contributed by atoms with E-state index < -0.39 is 17.5 Å². The molecule has 1 aromatic rings. The zero-order valence-electron chi connectivity index (χ0n) is 14.3. The van der Waals surface area contributed by atoms with Crippen LogP contribution in [-0.2, 0) is 9.59 Å². The molecule has 3 rings (SSSR count). The summed E-state index contributed by atoms with van der Waals surface area (Å²) in [4.78, 5) is 40.2. The molecule has 1 saturated carbocycles.